The number of hydrogen-bond donors (Lipinski definition) is 2. The number of nitrogens with one attached hydrogen (secondary N) is 2. The highest BCUT2D eigenvalue weighted by atomic mass is 32.2. The topological polar surface area (TPSA) is 111 Å². The van der Waals surface area contributed by atoms with Crippen molar-refractivity contribution in [1.82, 2.24) is 10.3 Å². The standard InChI is InChI=1S/C21H18F5N3O5S/c1-33-14-8-12(7-13(9-14)21(24,25)26)20-28-17(10-34-20)19(30)27-4-3-11-5-15(22)18(16(23)6-11)29-35(2,31)32/h5-10,29H,3-4H2,1-2H3,(H,27,30). The summed E-state index contributed by atoms with van der Waals surface area (Å²) in [4.78, 5) is 16.2. The van der Waals surface area contributed by atoms with E-state index in [4.69, 9.17) is 9.15 Å². The molecule has 0 radical (unpaired) electrons. The second-order valence-electron chi connectivity index (χ2n) is 7.30. The largest absolute Gasteiger partial charge is 0.497 e. The minimum absolute atomic E-state index is 0.0196. The molecule has 0 unspecified atom stereocenters. The average molecular weight is 519 g/mol. The molecule has 35 heavy (non-hydrogen) atoms. The highest BCUT2D eigenvalue weighted by Crippen LogP contribution is 2.35. The number of hydrogen-bond acceptors (Lipinski definition) is 6. The van der Waals surface area contributed by atoms with Gasteiger partial charge in [0.15, 0.2) is 17.3 Å². The third kappa shape index (κ3) is 6.68. The Morgan fingerprint density at radius 3 is 2.34 bits per heavy atom. The summed E-state index contributed by atoms with van der Waals surface area (Å²) in [5.74, 6) is -3.34. The van der Waals surface area contributed by atoms with Gasteiger partial charge in [0, 0.05) is 12.1 Å². The SMILES string of the molecule is COc1cc(-c2nc(C(=O)NCCc3cc(F)c(NS(C)(=O)=O)c(F)c3)co2)cc(C(F)(F)F)c1. The van der Waals surface area contributed by atoms with Crippen molar-refractivity contribution in [2.75, 3.05) is 24.6 Å². The molecule has 14 heteroatoms. The quantitative estimate of drug-likeness (QED) is 0.436. The second-order valence-corrected chi connectivity index (χ2v) is 9.05. The van der Waals surface area contributed by atoms with Gasteiger partial charge in [-0.2, -0.15) is 13.2 Å². The third-order valence-electron chi connectivity index (χ3n) is 4.54. The number of methoxy groups -OCH3 is 1. The number of rotatable bonds is 8. The number of halogens is 5. The first-order chi connectivity index (χ1) is 16.3. The molecule has 0 saturated heterocycles. The van der Waals surface area contributed by atoms with Crippen LogP contribution in [0, 0.1) is 11.6 Å². The van der Waals surface area contributed by atoms with Crippen molar-refractivity contribution in [2.24, 2.45) is 0 Å². The van der Waals surface area contributed by atoms with Crippen LogP contribution in [0.1, 0.15) is 21.6 Å². The molecular formula is C21H18F5N3O5S. The van der Waals surface area contributed by atoms with Gasteiger partial charge < -0.3 is 14.5 Å². The fourth-order valence-electron chi connectivity index (χ4n) is 2.98. The third-order valence-corrected chi connectivity index (χ3v) is 5.12. The van der Waals surface area contributed by atoms with Crippen molar-refractivity contribution >= 4 is 21.6 Å². The van der Waals surface area contributed by atoms with Crippen LogP contribution >= 0.6 is 0 Å². The Morgan fingerprint density at radius 2 is 1.77 bits per heavy atom. The molecule has 8 nitrogen and oxygen atoms in total. The highest BCUT2D eigenvalue weighted by Gasteiger charge is 2.32. The zero-order valence-corrected chi connectivity index (χ0v) is 19.0. The molecule has 188 valence electrons. The number of carbonyl (C=O) groups excluding carboxylic acids is 1. The lowest BCUT2D eigenvalue weighted by Crippen LogP contribution is -2.26. The minimum atomic E-state index is -4.64. The van der Waals surface area contributed by atoms with Crippen molar-refractivity contribution < 1.29 is 44.3 Å². The molecule has 3 rings (SSSR count). The lowest BCUT2D eigenvalue weighted by molar-refractivity contribution is -0.137. The van der Waals surface area contributed by atoms with E-state index in [1.54, 1.807) is 4.72 Å². The molecule has 0 atom stereocenters. The van der Waals surface area contributed by atoms with Crippen LogP contribution in [0.3, 0.4) is 0 Å². The van der Waals surface area contributed by atoms with Crippen molar-refractivity contribution in [3.05, 3.63) is 65.1 Å². The van der Waals surface area contributed by atoms with E-state index in [-0.39, 0.29) is 41.4 Å². The number of aromatic nitrogens is 1. The van der Waals surface area contributed by atoms with Crippen LogP contribution in [-0.4, -0.2) is 39.2 Å². The molecule has 0 aliphatic carbocycles. The van der Waals surface area contributed by atoms with Crippen molar-refractivity contribution in [3.8, 4) is 17.2 Å². The summed E-state index contributed by atoms with van der Waals surface area (Å²) in [6, 6.07) is 4.68. The summed E-state index contributed by atoms with van der Waals surface area (Å²) in [6.07, 6.45) is -2.97. The minimum Gasteiger partial charge on any atom is -0.497 e. The maximum atomic E-state index is 14.1. The summed E-state index contributed by atoms with van der Waals surface area (Å²) >= 11 is 0. The lowest BCUT2D eigenvalue weighted by Gasteiger charge is -2.10. The Bertz CT molecular complexity index is 1330. The first kappa shape index (κ1) is 25.9. The Hall–Kier alpha value is -3.68. The number of nitrogens with zero attached hydrogens (tertiary/aromatic N) is 1. The number of amides is 1. The second kappa shape index (κ2) is 9.90. The number of carbonyl (C=O) groups is 1. The predicted molar refractivity (Wildman–Crippen MR) is 114 cm³/mol. The van der Waals surface area contributed by atoms with Gasteiger partial charge in [0.1, 0.15) is 17.7 Å². The van der Waals surface area contributed by atoms with Crippen LogP contribution < -0.4 is 14.8 Å². The normalized spacial score (nSPS) is 11.9. The van der Waals surface area contributed by atoms with Gasteiger partial charge in [-0.15, -0.1) is 0 Å². The number of alkyl halides is 3. The van der Waals surface area contributed by atoms with Gasteiger partial charge in [-0.05, 0) is 42.3 Å². The molecule has 0 bridgehead atoms. The summed E-state index contributed by atoms with van der Waals surface area (Å²) in [5.41, 5.74) is -1.97. The van der Waals surface area contributed by atoms with Gasteiger partial charge in [0.05, 0.1) is 18.9 Å². The van der Waals surface area contributed by atoms with E-state index >= 15 is 0 Å². The van der Waals surface area contributed by atoms with E-state index in [0.717, 1.165) is 36.8 Å². The Balaban J connectivity index is 1.68. The molecule has 0 fully saturated rings. The molecular weight excluding hydrogens is 501 g/mol. The van der Waals surface area contributed by atoms with Crippen molar-refractivity contribution in [3.63, 3.8) is 0 Å². The van der Waals surface area contributed by atoms with E-state index < -0.39 is 45.0 Å². The number of oxazole rings is 1. The zero-order chi connectivity index (χ0) is 26.0. The van der Waals surface area contributed by atoms with E-state index in [0.29, 0.717) is 0 Å². The fourth-order valence-corrected chi connectivity index (χ4v) is 3.54. The maximum Gasteiger partial charge on any atom is 0.416 e. The predicted octanol–water partition coefficient (Wildman–Crippen LogP) is 3.99. The Kier molecular flexibility index (Phi) is 7.33. The maximum absolute atomic E-state index is 14.1. The summed E-state index contributed by atoms with van der Waals surface area (Å²) in [5, 5.41) is 2.44. The smallest absolute Gasteiger partial charge is 0.416 e. The van der Waals surface area contributed by atoms with Gasteiger partial charge in [-0.1, -0.05) is 0 Å². The highest BCUT2D eigenvalue weighted by molar-refractivity contribution is 7.92. The van der Waals surface area contributed by atoms with Gasteiger partial charge in [-0.25, -0.2) is 22.2 Å². The van der Waals surface area contributed by atoms with E-state index in [2.05, 4.69) is 10.3 Å². The molecule has 0 spiro atoms. The number of ether oxygens (including phenoxy) is 1. The van der Waals surface area contributed by atoms with E-state index in [9.17, 15) is 35.2 Å². The van der Waals surface area contributed by atoms with Crippen LogP contribution in [0.4, 0.5) is 27.6 Å². The number of anilines is 1. The molecule has 1 heterocycles. The Morgan fingerprint density at radius 1 is 1.11 bits per heavy atom. The monoisotopic (exact) mass is 519 g/mol. The van der Waals surface area contributed by atoms with Gasteiger partial charge >= 0.3 is 6.18 Å². The molecule has 0 saturated carbocycles. The molecule has 0 aliphatic rings. The lowest BCUT2D eigenvalue weighted by atomic mass is 10.1. The molecule has 1 amide bonds. The molecule has 0 aliphatic heterocycles. The van der Waals surface area contributed by atoms with Crippen molar-refractivity contribution in [2.45, 2.75) is 12.6 Å². The fraction of sp³-hybridized carbons (Fsp3) is 0.238. The Labute approximate surface area is 196 Å². The summed E-state index contributed by atoms with van der Waals surface area (Å²) in [6.45, 7) is -0.0872. The van der Waals surface area contributed by atoms with Crippen LogP contribution in [-0.2, 0) is 22.6 Å². The van der Waals surface area contributed by atoms with Gasteiger partial charge in [-0.3, -0.25) is 9.52 Å². The van der Waals surface area contributed by atoms with Crippen LogP contribution in [0.25, 0.3) is 11.5 Å². The zero-order valence-electron chi connectivity index (χ0n) is 18.2. The molecule has 2 aromatic carbocycles. The van der Waals surface area contributed by atoms with Crippen LogP contribution in [0.2, 0.25) is 0 Å². The van der Waals surface area contributed by atoms with Gasteiger partial charge in [0.2, 0.25) is 15.9 Å². The number of sulfonamides is 1. The van der Waals surface area contributed by atoms with Crippen molar-refractivity contribution in [1.29, 1.82) is 0 Å². The van der Waals surface area contributed by atoms with E-state index in [1.165, 1.54) is 13.2 Å². The summed E-state index contributed by atoms with van der Waals surface area (Å²) < 4.78 is 102. The van der Waals surface area contributed by atoms with E-state index in [1.807, 2.05) is 0 Å². The first-order valence-electron chi connectivity index (χ1n) is 9.73. The molecule has 2 N–H and O–H groups in total. The molecule has 1 aromatic heterocycles. The summed E-state index contributed by atoms with van der Waals surface area (Å²) in [7, 11) is -2.70. The van der Waals surface area contributed by atoms with Crippen LogP contribution in [0.5, 0.6) is 5.75 Å². The van der Waals surface area contributed by atoms with Gasteiger partial charge in [0.25, 0.3) is 5.91 Å². The first-order valence-corrected chi connectivity index (χ1v) is 11.6. The van der Waals surface area contributed by atoms with Crippen LogP contribution in [0.15, 0.2) is 41.0 Å². The number of benzene rings is 2. The molecule has 3 aromatic rings. The average Bonchev–Trinajstić information content (AvgIpc) is 3.25.